The van der Waals surface area contributed by atoms with Gasteiger partial charge in [-0.05, 0) is 42.3 Å². The topological polar surface area (TPSA) is 95.6 Å². The van der Waals surface area contributed by atoms with Crippen molar-refractivity contribution in [3.05, 3.63) is 71.3 Å². The van der Waals surface area contributed by atoms with Gasteiger partial charge in [0.1, 0.15) is 0 Å². The van der Waals surface area contributed by atoms with E-state index in [9.17, 15) is 18.0 Å². The summed E-state index contributed by atoms with van der Waals surface area (Å²) in [5.41, 5.74) is 6.55. The molecule has 7 nitrogen and oxygen atoms in total. The zero-order valence-corrected chi connectivity index (χ0v) is 16.1. The van der Waals surface area contributed by atoms with E-state index in [0.717, 1.165) is 15.4 Å². The summed E-state index contributed by atoms with van der Waals surface area (Å²) in [5.74, 6) is -1.13. The molecule has 0 fully saturated rings. The van der Waals surface area contributed by atoms with E-state index in [1.54, 1.807) is 6.08 Å². The molecule has 2 N–H and O–H groups in total. The standard InChI is InChI=1S/C19H21N3O4S/c1-14-7-4-5-8-15(14)11-12-18(23)20-21-19(24)16-9-6-10-17(13-16)27(25,26)22(2)3/h4-13H,1-3H3,(H,20,23)(H,21,24)/b12-11+. The minimum atomic E-state index is -3.65. The van der Waals surface area contributed by atoms with Gasteiger partial charge in [-0.3, -0.25) is 20.4 Å². The van der Waals surface area contributed by atoms with Gasteiger partial charge in [-0.15, -0.1) is 0 Å². The zero-order valence-electron chi connectivity index (χ0n) is 15.3. The summed E-state index contributed by atoms with van der Waals surface area (Å²) < 4.78 is 25.3. The smallest absolute Gasteiger partial charge is 0.268 e. The van der Waals surface area contributed by atoms with Crippen molar-refractivity contribution in [3.63, 3.8) is 0 Å². The number of nitrogens with zero attached hydrogens (tertiary/aromatic N) is 1. The highest BCUT2D eigenvalue weighted by Gasteiger charge is 2.18. The molecule has 0 aliphatic rings. The van der Waals surface area contributed by atoms with Crippen molar-refractivity contribution in [2.75, 3.05) is 14.1 Å². The van der Waals surface area contributed by atoms with E-state index < -0.39 is 21.8 Å². The van der Waals surface area contributed by atoms with Crippen LogP contribution in [0, 0.1) is 6.92 Å². The van der Waals surface area contributed by atoms with E-state index in [0.29, 0.717) is 0 Å². The minimum absolute atomic E-state index is 0.00840. The Morgan fingerprint density at radius 3 is 2.37 bits per heavy atom. The number of sulfonamides is 1. The number of carbonyl (C=O) groups is 2. The summed E-state index contributed by atoms with van der Waals surface area (Å²) in [4.78, 5) is 24.0. The van der Waals surface area contributed by atoms with Gasteiger partial charge >= 0.3 is 0 Å². The molecule has 0 radical (unpaired) electrons. The van der Waals surface area contributed by atoms with E-state index >= 15 is 0 Å². The highest BCUT2D eigenvalue weighted by Crippen LogP contribution is 2.14. The van der Waals surface area contributed by atoms with Crippen LogP contribution in [0.4, 0.5) is 0 Å². The summed E-state index contributed by atoms with van der Waals surface area (Å²) in [6.07, 6.45) is 2.94. The average Bonchev–Trinajstić information content (AvgIpc) is 2.65. The van der Waals surface area contributed by atoms with Gasteiger partial charge in [0.2, 0.25) is 10.0 Å². The number of rotatable bonds is 5. The molecule has 0 aliphatic heterocycles. The zero-order chi connectivity index (χ0) is 20.0. The number of hydrogen-bond acceptors (Lipinski definition) is 4. The predicted octanol–water partition coefficient (Wildman–Crippen LogP) is 1.72. The first-order valence-corrected chi connectivity index (χ1v) is 9.52. The Hall–Kier alpha value is -2.97. The molecule has 2 aromatic rings. The Morgan fingerprint density at radius 2 is 1.70 bits per heavy atom. The Bertz CT molecular complexity index is 982. The Morgan fingerprint density at radius 1 is 1.00 bits per heavy atom. The van der Waals surface area contributed by atoms with Gasteiger partial charge in [0.15, 0.2) is 0 Å². The molecule has 142 valence electrons. The second-order valence-electron chi connectivity index (χ2n) is 5.95. The van der Waals surface area contributed by atoms with Crippen LogP contribution in [0.2, 0.25) is 0 Å². The minimum Gasteiger partial charge on any atom is -0.268 e. The second-order valence-corrected chi connectivity index (χ2v) is 8.10. The van der Waals surface area contributed by atoms with E-state index in [2.05, 4.69) is 10.9 Å². The summed E-state index contributed by atoms with van der Waals surface area (Å²) in [5, 5.41) is 0. The van der Waals surface area contributed by atoms with Crippen LogP contribution in [0.1, 0.15) is 21.5 Å². The van der Waals surface area contributed by atoms with Crippen molar-refractivity contribution in [1.29, 1.82) is 0 Å². The van der Waals surface area contributed by atoms with Gasteiger partial charge in [0.05, 0.1) is 4.90 Å². The van der Waals surface area contributed by atoms with E-state index in [1.807, 2.05) is 31.2 Å². The molecule has 0 aromatic heterocycles. The lowest BCUT2D eigenvalue weighted by Crippen LogP contribution is -2.40. The lowest BCUT2D eigenvalue weighted by atomic mass is 10.1. The third-order valence-electron chi connectivity index (χ3n) is 3.78. The number of nitrogens with one attached hydrogen (secondary N) is 2. The fourth-order valence-electron chi connectivity index (χ4n) is 2.18. The first-order valence-electron chi connectivity index (χ1n) is 8.08. The molecule has 0 saturated heterocycles. The molecule has 0 heterocycles. The highest BCUT2D eigenvalue weighted by atomic mass is 32.2. The molecule has 27 heavy (non-hydrogen) atoms. The highest BCUT2D eigenvalue weighted by molar-refractivity contribution is 7.89. The molecule has 0 spiro atoms. The van der Waals surface area contributed by atoms with Crippen molar-refractivity contribution >= 4 is 27.9 Å². The van der Waals surface area contributed by atoms with Crippen molar-refractivity contribution in [2.45, 2.75) is 11.8 Å². The maximum Gasteiger partial charge on any atom is 0.269 e. The quantitative estimate of drug-likeness (QED) is 0.603. The lowest BCUT2D eigenvalue weighted by Gasteiger charge is -2.12. The van der Waals surface area contributed by atoms with Crippen molar-refractivity contribution in [3.8, 4) is 0 Å². The number of amides is 2. The maximum absolute atomic E-state index is 12.2. The Labute approximate surface area is 158 Å². The molecule has 2 aromatic carbocycles. The summed E-state index contributed by atoms with van der Waals surface area (Å²) in [6.45, 7) is 1.92. The first kappa shape index (κ1) is 20.3. The van der Waals surface area contributed by atoms with Crippen molar-refractivity contribution in [2.24, 2.45) is 0 Å². The van der Waals surface area contributed by atoms with Gasteiger partial charge in [-0.1, -0.05) is 30.3 Å². The largest absolute Gasteiger partial charge is 0.269 e. The molecule has 0 unspecified atom stereocenters. The van der Waals surface area contributed by atoms with E-state index in [1.165, 1.54) is 44.4 Å². The van der Waals surface area contributed by atoms with Crippen LogP contribution in [-0.4, -0.2) is 38.6 Å². The van der Waals surface area contributed by atoms with Crippen LogP contribution >= 0.6 is 0 Å². The van der Waals surface area contributed by atoms with Crippen LogP contribution in [0.5, 0.6) is 0 Å². The molecule has 0 bridgehead atoms. The number of carbonyl (C=O) groups excluding carboxylic acids is 2. The summed E-state index contributed by atoms with van der Waals surface area (Å²) in [6, 6.07) is 13.1. The maximum atomic E-state index is 12.2. The van der Waals surface area contributed by atoms with Gasteiger partial charge in [-0.25, -0.2) is 12.7 Å². The fraction of sp³-hybridized carbons (Fsp3) is 0.158. The van der Waals surface area contributed by atoms with Gasteiger partial charge in [-0.2, -0.15) is 0 Å². The second kappa shape index (κ2) is 8.61. The molecule has 0 aliphatic carbocycles. The monoisotopic (exact) mass is 387 g/mol. The van der Waals surface area contributed by atoms with Crippen LogP contribution in [-0.2, 0) is 14.8 Å². The molecule has 2 rings (SSSR count). The molecule has 8 heteroatoms. The SMILES string of the molecule is Cc1ccccc1/C=C/C(=O)NNC(=O)c1cccc(S(=O)(=O)N(C)C)c1. The molecule has 0 saturated carbocycles. The van der Waals surface area contributed by atoms with Crippen molar-refractivity contribution in [1.82, 2.24) is 15.2 Å². The number of benzene rings is 2. The van der Waals surface area contributed by atoms with Gasteiger partial charge in [0, 0.05) is 25.7 Å². The number of hydrogen-bond donors (Lipinski definition) is 2. The molecular formula is C19H21N3O4S. The lowest BCUT2D eigenvalue weighted by molar-refractivity contribution is -0.117. The van der Waals surface area contributed by atoms with Crippen LogP contribution in [0.15, 0.2) is 59.5 Å². The number of aryl methyl sites for hydroxylation is 1. The van der Waals surface area contributed by atoms with Gasteiger partial charge in [0.25, 0.3) is 11.8 Å². The van der Waals surface area contributed by atoms with Crippen LogP contribution in [0.25, 0.3) is 6.08 Å². The van der Waals surface area contributed by atoms with E-state index in [-0.39, 0.29) is 10.5 Å². The predicted molar refractivity (Wildman–Crippen MR) is 103 cm³/mol. The van der Waals surface area contributed by atoms with Crippen LogP contribution in [0.3, 0.4) is 0 Å². The fourth-order valence-corrected chi connectivity index (χ4v) is 3.13. The first-order chi connectivity index (χ1) is 12.7. The van der Waals surface area contributed by atoms with Gasteiger partial charge < -0.3 is 0 Å². The molecule has 0 atom stereocenters. The Kier molecular flexibility index (Phi) is 6.49. The summed E-state index contributed by atoms with van der Waals surface area (Å²) in [7, 11) is -0.841. The Balaban J connectivity index is 2.02. The van der Waals surface area contributed by atoms with Crippen molar-refractivity contribution < 1.29 is 18.0 Å². The van der Waals surface area contributed by atoms with Crippen LogP contribution < -0.4 is 10.9 Å². The molecular weight excluding hydrogens is 366 g/mol. The number of hydrazine groups is 1. The average molecular weight is 387 g/mol. The van der Waals surface area contributed by atoms with E-state index in [4.69, 9.17) is 0 Å². The third kappa shape index (κ3) is 5.25. The third-order valence-corrected chi connectivity index (χ3v) is 5.59. The summed E-state index contributed by atoms with van der Waals surface area (Å²) >= 11 is 0. The molecule has 2 amide bonds. The normalized spacial score (nSPS) is 11.6.